The Morgan fingerprint density at radius 3 is 2.57 bits per heavy atom. The average Bonchev–Trinajstić information content (AvgIpc) is 3.18. The number of hydrogen-bond acceptors (Lipinski definition) is 7. The molecule has 28 heavy (non-hydrogen) atoms. The lowest BCUT2D eigenvalue weighted by Gasteiger charge is -2.13. The van der Waals surface area contributed by atoms with Gasteiger partial charge in [0, 0.05) is 23.5 Å². The maximum absolute atomic E-state index is 13.1. The van der Waals surface area contributed by atoms with E-state index in [2.05, 4.69) is 25.1 Å². The Balaban J connectivity index is 1.81. The lowest BCUT2D eigenvalue weighted by molar-refractivity contribution is 0.410. The molecule has 0 N–H and O–H groups in total. The molecule has 140 valence electrons. The zero-order valence-electron chi connectivity index (χ0n) is 15.5. The quantitative estimate of drug-likeness (QED) is 0.531. The molecule has 4 rings (SSSR count). The predicted molar refractivity (Wildman–Crippen MR) is 100.0 cm³/mol. The van der Waals surface area contributed by atoms with Crippen molar-refractivity contribution in [3.63, 3.8) is 0 Å². The van der Waals surface area contributed by atoms with E-state index >= 15 is 0 Å². The normalized spacial score (nSPS) is 10.9. The van der Waals surface area contributed by atoms with Gasteiger partial charge in [0.05, 0.1) is 19.0 Å². The Morgan fingerprint density at radius 2 is 1.86 bits per heavy atom. The number of aromatic nitrogens is 5. The Bertz CT molecular complexity index is 1140. The highest BCUT2D eigenvalue weighted by Crippen LogP contribution is 2.36. The Morgan fingerprint density at radius 1 is 1.00 bits per heavy atom. The van der Waals surface area contributed by atoms with Crippen LogP contribution in [-0.2, 0) is 0 Å². The van der Waals surface area contributed by atoms with E-state index in [4.69, 9.17) is 9.26 Å². The average molecular weight is 377 g/mol. The molecule has 4 aromatic rings. The molecular weight excluding hydrogens is 361 g/mol. The number of hydrogen-bond donors (Lipinski definition) is 0. The number of rotatable bonds is 4. The Labute approximate surface area is 160 Å². The van der Waals surface area contributed by atoms with E-state index in [1.165, 1.54) is 12.1 Å². The molecule has 0 atom stereocenters. The van der Waals surface area contributed by atoms with E-state index in [1.807, 2.05) is 26.0 Å². The SMILES string of the molecule is COc1c(-c2cnccc2C)cc(-c2nc(-c3ccc(F)cn3)no2)nc1C. The minimum atomic E-state index is -0.434. The summed E-state index contributed by atoms with van der Waals surface area (Å²) in [7, 11) is 1.60. The third-order valence-electron chi connectivity index (χ3n) is 4.28. The molecule has 0 saturated heterocycles. The number of nitrogens with zero attached hydrogens (tertiary/aromatic N) is 5. The van der Waals surface area contributed by atoms with Crippen molar-refractivity contribution in [2.45, 2.75) is 13.8 Å². The van der Waals surface area contributed by atoms with Gasteiger partial charge in [0.1, 0.15) is 23.0 Å². The van der Waals surface area contributed by atoms with Crippen molar-refractivity contribution in [3.05, 3.63) is 59.9 Å². The fourth-order valence-corrected chi connectivity index (χ4v) is 2.91. The number of halogens is 1. The molecule has 0 spiro atoms. The highest BCUT2D eigenvalue weighted by atomic mass is 19.1. The van der Waals surface area contributed by atoms with Crippen LogP contribution in [0, 0.1) is 19.7 Å². The third kappa shape index (κ3) is 3.20. The van der Waals surface area contributed by atoms with Gasteiger partial charge < -0.3 is 9.26 Å². The molecule has 0 amide bonds. The molecule has 0 unspecified atom stereocenters. The van der Waals surface area contributed by atoms with Gasteiger partial charge in [0.2, 0.25) is 5.82 Å². The monoisotopic (exact) mass is 377 g/mol. The standard InChI is InChI=1S/C20H16FN5O2/c1-11-6-7-22-10-15(11)14-8-17(24-12(2)18(14)27-3)20-25-19(26-28-20)16-5-4-13(21)9-23-16/h4-10H,1-3H3. The summed E-state index contributed by atoms with van der Waals surface area (Å²) in [4.78, 5) is 17.1. The summed E-state index contributed by atoms with van der Waals surface area (Å²) in [6.45, 7) is 3.84. The second kappa shape index (κ2) is 7.15. The van der Waals surface area contributed by atoms with Crippen molar-refractivity contribution < 1.29 is 13.7 Å². The first-order chi connectivity index (χ1) is 13.6. The Kier molecular flexibility index (Phi) is 4.52. The molecule has 0 fully saturated rings. The van der Waals surface area contributed by atoms with E-state index in [0.717, 1.165) is 22.9 Å². The fraction of sp³-hybridized carbons (Fsp3) is 0.150. The number of aryl methyl sites for hydroxylation is 2. The summed E-state index contributed by atoms with van der Waals surface area (Å²) in [5.41, 5.74) is 4.38. The number of methoxy groups -OCH3 is 1. The number of pyridine rings is 3. The molecule has 4 heterocycles. The lowest BCUT2D eigenvalue weighted by Crippen LogP contribution is -1.98. The second-order valence-electron chi connectivity index (χ2n) is 6.15. The first-order valence-electron chi connectivity index (χ1n) is 8.49. The predicted octanol–water partition coefficient (Wildman–Crippen LogP) is 4.02. The van der Waals surface area contributed by atoms with E-state index in [9.17, 15) is 4.39 Å². The van der Waals surface area contributed by atoms with Crippen molar-refractivity contribution in [1.82, 2.24) is 25.1 Å². The van der Waals surface area contributed by atoms with Crippen LogP contribution in [0.3, 0.4) is 0 Å². The maximum atomic E-state index is 13.1. The van der Waals surface area contributed by atoms with Crippen LogP contribution in [0.5, 0.6) is 5.75 Å². The van der Waals surface area contributed by atoms with Crippen molar-refractivity contribution in [3.8, 4) is 40.0 Å². The molecule has 0 radical (unpaired) electrons. The first kappa shape index (κ1) is 17.7. The van der Waals surface area contributed by atoms with Crippen LogP contribution in [0.2, 0.25) is 0 Å². The van der Waals surface area contributed by atoms with Gasteiger partial charge in [0.15, 0.2) is 0 Å². The molecular formula is C20H16FN5O2. The van der Waals surface area contributed by atoms with Crippen LogP contribution in [0.1, 0.15) is 11.3 Å². The van der Waals surface area contributed by atoms with E-state index < -0.39 is 5.82 Å². The van der Waals surface area contributed by atoms with Crippen molar-refractivity contribution in [2.75, 3.05) is 7.11 Å². The molecule has 8 heteroatoms. The summed E-state index contributed by atoms with van der Waals surface area (Å²) in [5, 5.41) is 3.93. The minimum Gasteiger partial charge on any atom is -0.494 e. The van der Waals surface area contributed by atoms with Crippen LogP contribution in [0.25, 0.3) is 34.2 Å². The van der Waals surface area contributed by atoms with Crippen LogP contribution in [0.4, 0.5) is 4.39 Å². The molecule has 4 aromatic heterocycles. The summed E-state index contributed by atoms with van der Waals surface area (Å²) in [6, 6.07) is 6.53. The minimum absolute atomic E-state index is 0.231. The van der Waals surface area contributed by atoms with E-state index in [0.29, 0.717) is 22.8 Å². The van der Waals surface area contributed by atoms with Gasteiger partial charge >= 0.3 is 0 Å². The summed E-state index contributed by atoms with van der Waals surface area (Å²) < 4.78 is 24.0. The topological polar surface area (TPSA) is 86.8 Å². The van der Waals surface area contributed by atoms with Crippen LogP contribution in [-0.4, -0.2) is 32.2 Å². The van der Waals surface area contributed by atoms with Gasteiger partial charge in [-0.3, -0.25) is 4.98 Å². The zero-order chi connectivity index (χ0) is 19.7. The number of ether oxygens (including phenoxy) is 1. The smallest absolute Gasteiger partial charge is 0.276 e. The second-order valence-corrected chi connectivity index (χ2v) is 6.15. The molecule has 0 aromatic carbocycles. The summed E-state index contributed by atoms with van der Waals surface area (Å²) >= 11 is 0. The van der Waals surface area contributed by atoms with Gasteiger partial charge in [-0.2, -0.15) is 4.98 Å². The van der Waals surface area contributed by atoms with Gasteiger partial charge in [0.25, 0.3) is 5.89 Å². The van der Waals surface area contributed by atoms with Gasteiger partial charge in [-0.25, -0.2) is 14.4 Å². The van der Waals surface area contributed by atoms with Crippen molar-refractivity contribution >= 4 is 0 Å². The molecule has 0 saturated carbocycles. The van der Waals surface area contributed by atoms with Crippen LogP contribution >= 0.6 is 0 Å². The van der Waals surface area contributed by atoms with Crippen molar-refractivity contribution in [2.24, 2.45) is 0 Å². The molecule has 0 aliphatic carbocycles. The largest absolute Gasteiger partial charge is 0.494 e. The van der Waals surface area contributed by atoms with Crippen molar-refractivity contribution in [1.29, 1.82) is 0 Å². The highest BCUT2D eigenvalue weighted by Gasteiger charge is 2.19. The molecule has 0 aliphatic rings. The molecule has 7 nitrogen and oxygen atoms in total. The van der Waals surface area contributed by atoms with Gasteiger partial charge in [-0.05, 0) is 43.7 Å². The van der Waals surface area contributed by atoms with Gasteiger partial charge in [-0.1, -0.05) is 5.16 Å². The van der Waals surface area contributed by atoms with Crippen LogP contribution in [0.15, 0.2) is 47.4 Å². The lowest BCUT2D eigenvalue weighted by atomic mass is 10.0. The third-order valence-corrected chi connectivity index (χ3v) is 4.28. The first-order valence-corrected chi connectivity index (χ1v) is 8.49. The summed E-state index contributed by atoms with van der Waals surface area (Å²) in [5.74, 6) is 0.704. The van der Waals surface area contributed by atoms with E-state index in [1.54, 1.807) is 19.5 Å². The highest BCUT2D eigenvalue weighted by molar-refractivity contribution is 5.76. The Hall–Kier alpha value is -3.68. The van der Waals surface area contributed by atoms with Crippen LogP contribution < -0.4 is 4.74 Å². The summed E-state index contributed by atoms with van der Waals surface area (Å²) in [6.07, 6.45) is 4.61. The van der Waals surface area contributed by atoms with Gasteiger partial charge in [-0.15, -0.1) is 0 Å². The zero-order valence-corrected chi connectivity index (χ0v) is 15.5. The molecule has 0 aliphatic heterocycles. The maximum Gasteiger partial charge on any atom is 0.276 e. The van der Waals surface area contributed by atoms with E-state index in [-0.39, 0.29) is 11.7 Å². The fourth-order valence-electron chi connectivity index (χ4n) is 2.91. The molecule has 0 bridgehead atoms.